The number of nitrogens with zero attached hydrogens (tertiary/aromatic N) is 2. The first-order valence-electron chi connectivity index (χ1n) is 9.94. The average molecular weight is 372 g/mol. The second-order valence-corrected chi connectivity index (χ2v) is 7.65. The van der Waals surface area contributed by atoms with Crippen molar-refractivity contribution < 1.29 is 14.3 Å². The lowest BCUT2D eigenvalue weighted by atomic mass is 9.90. The van der Waals surface area contributed by atoms with Crippen molar-refractivity contribution in [3.05, 3.63) is 24.3 Å². The third kappa shape index (κ3) is 4.00. The highest BCUT2D eigenvalue weighted by molar-refractivity contribution is 5.97. The van der Waals surface area contributed by atoms with Crippen LogP contribution >= 0.6 is 0 Å². The summed E-state index contributed by atoms with van der Waals surface area (Å²) in [5.74, 6) is -0.0756. The molecule has 0 spiro atoms. The number of carbonyl (C=O) groups is 2. The van der Waals surface area contributed by atoms with E-state index in [2.05, 4.69) is 10.2 Å². The first kappa shape index (κ1) is 18.4. The van der Waals surface area contributed by atoms with Gasteiger partial charge in [-0.15, -0.1) is 0 Å². The van der Waals surface area contributed by atoms with E-state index in [1.54, 1.807) is 4.90 Å². The molecule has 1 aromatic carbocycles. The van der Waals surface area contributed by atoms with E-state index >= 15 is 0 Å². The first-order chi connectivity index (χ1) is 13.2. The fourth-order valence-corrected chi connectivity index (χ4v) is 3.97. The van der Waals surface area contributed by atoms with Gasteiger partial charge in [0.05, 0.1) is 6.61 Å². The number of anilines is 2. The van der Waals surface area contributed by atoms with E-state index in [1.807, 2.05) is 24.3 Å². The van der Waals surface area contributed by atoms with Crippen LogP contribution in [0.1, 0.15) is 32.1 Å². The van der Waals surface area contributed by atoms with Gasteiger partial charge in [-0.2, -0.15) is 0 Å². The van der Waals surface area contributed by atoms with Gasteiger partial charge in [-0.05, 0) is 49.9 Å². The smallest absolute Gasteiger partial charge is 0.253 e. The summed E-state index contributed by atoms with van der Waals surface area (Å²) in [4.78, 5) is 28.9. The van der Waals surface area contributed by atoms with Crippen molar-refractivity contribution in [2.45, 2.75) is 50.2 Å². The Bertz CT molecular complexity index is 685. The Morgan fingerprint density at radius 1 is 1.22 bits per heavy atom. The number of nitrogens with one attached hydrogen (secondary N) is 1. The topological polar surface area (TPSA) is 87.9 Å². The molecule has 1 heterocycles. The standard InChI is InChI=1S/C20H28N4O3/c21-12-18(24(17-8-9-17)16-2-1-3-16)20(26)22-14-4-6-15(7-5-14)23-10-11-27-13-19(23)25/h4-7,16-18H,1-3,8-13,21H2,(H,22,26)/t18-/m0/s1. The fourth-order valence-electron chi connectivity index (χ4n) is 3.97. The second-order valence-electron chi connectivity index (χ2n) is 7.65. The van der Waals surface area contributed by atoms with E-state index in [0.29, 0.717) is 31.8 Å². The Morgan fingerprint density at radius 3 is 2.48 bits per heavy atom. The summed E-state index contributed by atoms with van der Waals surface area (Å²) in [5, 5.41) is 3.01. The quantitative estimate of drug-likeness (QED) is 0.754. The zero-order valence-corrected chi connectivity index (χ0v) is 15.6. The maximum Gasteiger partial charge on any atom is 0.253 e. The van der Waals surface area contributed by atoms with Crippen molar-refractivity contribution in [1.29, 1.82) is 0 Å². The summed E-state index contributed by atoms with van der Waals surface area (Å²) in [6.45, 7) is 1.55. The van der Waals surface area contributed by atoms with Gasteiger partial charge in [0.15, 0.2) is 0 Å². The number of benzene rings is 1. The summed E-state index contributed by atoms with van der Waals surface area (Å²) < 4.78 is 5.16. The van der Waals surface area contributed by atoms with Gasteiger partial charge >= 0.3 is 0 Å². The molecule has 7 nitrogen and oxygen atoms in total. The first-order valence-corrected chi connectivity index (χ1v) is 9.94. The molecule has 146 valence electrons. The molecule has 1 aliphatic heterocycles. The molecule has 7 heteroatoms. The summed E-state index contributed by atoms with van der Waals surface area (Å²) in [5.41, 5.74) is 7.54. The Kier molecular flexibility index (Phi) is 5.43. The normalized spacial score (nSPS) is 21.9. The van der Waals surface area contributed by atoms with Gasteiger partial charge in [0, 0.05) is 36.5 Å². The van der Waals surface area contributed by atoms with Gasteiger partial charge in [0.1, 0.15) is 12.6 Å². The van der Waals surface area contributed by atoms with Gasteiger partial charge in [0.2, 0.25) is 5.91 Å². The number of hydrogen-bond acceptors (Lipinski definition) is 5. The van der Waals surface area contributed by atoms with E-state index in [0.717, 1.165) is 11.4 Å². The van der Waals surface area contributed by atoms with Gasteiger partial charge in [-0.3, -0.25) is 14.5 Å². The Labute approximate surface area is 159 Å². The van der Waals surface area contributed by atoms with E-state index in [1.165, 1.54) is 32.1 Å². The number of rotatable bonds is 7. The molecule has 1 saturated heterocycles. The van der Waals surface area contributed by atoms with Crippen LogP contribution in [0.4, 0.5) is 11.4 Å². The van der Waals surface area contributed by atoms with Crippen molar-refractivity contribution in [2.75, 3.05) is 36.5 Å². The van der Waals surface area contributed by atoms with Crippen LogP contribution in [0.2, 0.25) is 0 Å². The molecule has 3 fully saturated rings. The van der Waals surface area contributed by atoms with E-state index in [4.69, 9.17) is 10.5 Å². The third-order valence-electron chi connectivity index (χ3n) is 5.78. The lowest BCUT2D eigenvalue weighted by Crippen LogP contribution is -2.55. The molecule has 4 rings (SSSR count). The molecule has 1 aromatic rings. The van der Waals surface area contributed by atoms with Crippen molar-refractivity contribution in [3.63, 3.8) is 0 Å². The number of morpholine rings is 1. The molecule has 0 radical (unpaired) electrons. The molecule has 2 aliphatic carbocycles. The Morgan fingerprint density at radius 2 is 1.93 bits per heavy atom. The molecule has 2 amide bonds. The predicted octanol–water partition coefficient (Wildman–Crippen LogP) is 1.33. The maximum absolute atomic E-state index is 12.9. The van der Waals surface area contributed by atoms with Crippen LogP contribution in [0.3, 0.4) is 0 Å². The number of carbonyl (C=O) groups excluding carboxylic acids is 2. The van der Waals surface area contributed by atoms with E-state index in [-0.39, 0.29) is 24.5 Å². The minimum Gasteiger partial charge on any atom is -0.370 e. The monoisotopic (exact) mass is 372 g/mol. The van der Waals surface area contributed by atoms with Gasteiger partial charge in [0.25, 0.3) is 5.91 Å². The van der Waals surface area contributed by atoms with Crippen LogP contribution in [0.25, 0.3) is 0 Å². The predicted molar refractivity (Wildman–Crippen MR) is 104 cm³/mol. The number of nitrogens with two attached hydrogens (primary N) is 1. The third-order valence-corrected chi connectivity index (χ3v) is 5.78. The molecule has 0 bridgehead atoms. The van der Waals surface area contributed by atoms with Crippen LogP contribution in [-0.2, 0) is 14.3 Å². The highest BCUT2D eigenvalue weighted by Crippen LogP contribution is 2.37. The molecular formula is C20H28N4O3. The molecule has 0 aromatic heterocycles. The van der Waals surface area contributed by atoms with Crippen molar-refractivity contribution in [1.82, 2.24) is 4.90 Å². The van der Waals surface area contributed by atoms with Crippen LogP contribution in [0, 0.1) is 0 Å². The zero-order chi connectivity index (χ0) is 18.8. The van der Waals surface area contributed by atoms with Crippen LogP contribution in [0.15, 0.2) is 24.3 Å². The van der Waals surface area contributed by atoms with Crippen LogP contribution < -0.4 is 16.0 Å². The van der Waals surface area contributed by atoms with E-state index in [9.17, 15) is 9.59 Å². The van der Waals surface area contributed by atoms with Gasteiger partial charge in [-0.1, -0.05) is 6.42 Å². The number of amides is 2. The van der Waals surface area contributed by atoms with Crippen molar-refractivity contribution >= 4 is 23.2 Å². The second kappa shape index (κ2) is 7.96. The molecule has 2 saturated carbocycles. The lowest BCUT2D eigenvalue weighted by Gasteiger charge is -2.41. The molecule has 3 N–H and O–H groups in total. The summed E-state index contributed by atoms with van der Waals surface area (Å²) >= 11 is 0. The molecule has 27 heavy (non-hydrogen) atoms. The number of ether oxygens (including phenoxy) is 1. The minimum absolute atomic E-state index is 0.0356. The Hall–Kier alpha value is -1.96. The highest BCUT2D eigenvalue weighted by Gasteiger charge is 2.42. The summed E-state index contributed by atoms with van der Waals surface area (Å²) in [6, 6.07) is 8.16. The molecule has 0 unspecified atom stereocenters. The van der Waals surface area contributed by atoms with Gasteiger partial charge in [-0.25, -0.2) is 0 Å². The highest BCUT2D eigenvalue weighted by atomic mass is 16.5. The summed E-state index contributed by atoms with van der Waals surface area (Å²) in [7, 11) is 0. The molecule has 1 atom stereocenters. The lowest BCUT2D eigenvalue weighted by molar-refractivity contribution is -0.125. The largest absolute Gasteiger partial charge is 0.370 e. The molecule has 3 aliphatic rings. The van der Waals surface area contributed by atoms with Crippen LogP contribution in [0.5, 0.6) is 0 Å². The summed E-state index contributed by atoms with van der Waals surface area (Å²) in [6.07, 6.45) is 5.92. The van der Waals surface area contributed by atoms with Gasteiger partial charge < -0.3 is 20.7 Å². The van der Waals surface area contributed by atoms with Crippen molar-refractivity contribution in [3.8, 4) is 0 Å². The van der Waals surface area contributed by atoms with Crippen LogP contribution in [-0.4, -0.2) is 61.1 Å². The Balaban J connectivity index is 1.41. The zero-order valence-electron chi connectivity index (χ0n) is 15.6. The maximum atomic E-state index is 12.9. The SMILES string of the molecule is NC[C@@H](C(=O)Nc1ccc(N2CCOCC2=O)cc1)N(C1CCC1)C1CC1. The minimum atomic E-state index is -0.275. The molecular weight excluding hydrogens is 344 g/mol. The average Bonchev–Trinajstić information content (AvgIpc) is 3.46. The van der Waals surface area contributed by atoms with Crippen molar-refractivity contribution in [2.24, 2.45) is 5.73 Å². The van der Waals surface area contributed by atoms with E-state index < -0.39 is 0 Å². The number of hydrogen-bond donors (Lipinski definition) is 2. The fraction of sp³-hybridized carbons (Fsp3) is 0.600.